The maximum atomic E-state index is 15.4. The molecule has 0 aliphatic carbocycles. The van der Waals surface area contributed by atoms with Gasteiger partial charge in [-0.1, -0.05) is 20.8 Å². The van der Waals surface area contributed by atoms with Crippen molar-refractivity contribution in [3.8, 4) is 22.8 Å². The Hall–Kier alpha value is -2.87. The maximum Gasteiger partial charge on any atom is 0.341 e. The molecule has 8 heteroatoms. The average Bonchev–Trinajstić information content (AvgIpc) is 2.71. The van der Waals surface area contributed by atoms with Crippen molar-refractivity contribution < 1.29 is 32.6 Å². The topological polar surface area (TPSA) is 87.0 Å². The zero-order valence-corrected chi connectivity index (χ0v) is 18.0. The Balaban J connectivity index is 2.25. The van der Waals surface area contributed by atoms with E-state index in [9.17, 15) is 14.7 Å². The van der Waals surface area contributed by atoms with E-state index >= 15 is 4.39 Å². The standard InChI is InChI=1S/C23H28FNO6/c1-23(2,3)18-10-13-9-17(31-8-6-7-29-4)16(30-5)11-14(13)20-19(24)21(26)15(22(27)28)12-25(18)20/h9,11-12,18H,6-8,10H2,1-5H3,(H,27,28)/t18-/m0/s1/i5D3. The van der Waals surface area contributed by atoms with Crippen molar-refractivity contribution in [3.63, 3.8) is 0 Å². The zero-order chi connectivity index (χ0) is 25.4. The van der Waals surface area contributed by atoms with Gasteiger partial charge in [0.2, 0.25) is 5.43 Å². The highest BCUT2D eigenvalue weighted by atomic mass is 19.1. The number of aromatic nitrogens is 1. The molecule has 0 saturated heterocycles. The number of nitrogens with zero attached hydrogens (tertiary/aromatic N) is 1. The monoisotopic (exact) mass is 436 g/mol. The van der Waals surface area contributed by atoms with Gasteiger partial charge in [-0.15, -0.1) is 0 Å². The van der Waals surface area contributed by atoms with Gasteiger partial charge in [0, 0.05) is 37.9 Å². The van der Waals surface area contributed by atoms with E-state index in [1.807, 2.05) is 20.8 Å². The average molecular weight is 436 g/mol. The Morgan fingerprint density at radius 1 is 1.32 bits per heavy atom. The Kier molecular flexibility index (Phi) is 5.30. The van der Waals surface area contributed by atoms with Crippen LogP contribution in [0.25, 0.3) is 11.3 Å². The van der Waals surface area contributed by atoms with Gasteiger partial charge in [-0.2, -0.15) is 0 Å². The highest BCUT2D eigenvalue weighted by Gasteiger charge is 2.36. The number of methoxy groups -OCH3 is 2. The van der Waals surface area contributed by atoms with Crippen LogP contribution in [-0.2, 0) is 11.2 Å². The highest BCUT2D eigenvalue weighted by molar-refractivity contribution is 5.88. The Morgan fingerprint density at radius 3 is 2.68 bits per heavy atom. The fourth-order valence-electron chi connectivity index (χ4n) is 3.86. The maximum absolute atomic E-state index is 15.4. The lowest BCUT2D eigenvalue weighted by molar-refractivity contribution is 0.0692. The van der Waals surface area contributed by atoms with Crippen molar-refractivity contribution in [3.05, 3.63) is 45.5 Å². The summed E-state index contributed by atoms with van der Waals surface area (Å²) in [6.45, 7) is 6.46. The highest BCUT2D eigenvalue weighted by Crippen LogP contribution is 2.46. The predicted molar refractivity (Wildman–Crippen MR) is 114 cm³/mol. The molecule has 3 rings (SSSR count). The number of fused-ring (bicyclic) bond motifs is 3. The summed E-state index contributed by atoms with van der Waals surface area (Å²) in [7, 11) is -1.24. The summed E-state index contributed by atoms with van der Waals surface area (Å²) in [6, 6.07) is 2.54. The van der Waals surface area contributed by atoms with Crippen LogP contribution < -0.4 is 14.9 Å². The van der Waals surface area contributed by atoms with E-state index in [0.29, 0.717) is 25.0 Å². The summed E-state index contributed by atoms with van der Waals surface area (Å²) < 4.78 is 55.3. The van der Waals surface area contributed by atoms with Gasteiger partial charge in [0.1, 0.15) is 5.56 Å². The Morgan fingerprint density at radius 2 is 2.06 bits per heavy atom. The fourth-order valence-corrected chi connectivity index (χ4v) is 3.86. The van der Waals surface area contributed by atoms with Crippen LogP contribution in [0.15, 0.2) is 23.1 Å². The molecule has 0 radical (unpaired) electrons. The Bertz CT molecular complexity index is 1150. The van der Waals surface area contributed by atoms with E-state index in [2.05, 4.69) is 0 Å². The van der Waals surface area contributed by atoms with Gasteiger partial charge >= 0.3 is 5.97 Å². The summed E-state index contributed by atoms with van der Waals surface area (Å²) in [4.78, 5) is 24.1. The van der Waals surface area contributed by atoms with Gasteiger partial charge in [0.05, 0.1) is 23.5 Å². The third-order valence-corrected chi connectivity index (χ3v) is 5.44. The number of carboxylic acid groups (broad SMARTS) is 1. The van der Waals surface area contributed by atoms with Gasteiger partial charge in [-0.3, -0.25) is 4.79 Å². The molecule has 1 aromatic heterocycles. The number of pyridine rings is 1. The van der Waals surface area contributed by atoms with Crippen LogP contribution in [0, 0.1) is 11.2 Å². The second-order valence-electron chi connectivity index (χ2n) is 8.59. The molecule has 0 saturated carbocycles. The normalized spacial score (nSPS) is 17.1. The summed E-state index contributed by atoms with van der Waals surface area (Å²) in [5.41, 5.74) is -1.58. The van der Waals surface area contributed by atoms with E-state index in [0.717, 1.165) is 6.20 Å². The summed E-state index contributed by atoms with van der Waals surface area (Å²) in [6.07, 6.45) is 2.08. The molecular weight excluding hydrogens is 405 g/mol. The second kappa shape index (κ2) is 8.70. The molecule has 0 amide bonds. The predicted octanol–water partition coefficient (Wildman–Crippen LogP) is 3.92. The van der Waals surface area contributed by atoms with E-state index in [-0.39, 0.29) is 35.4 Å². The van der Waals surface area contributed by atoms with Crippen LogP contribution in [0.2, 0.25) is 0 Å². The minimum absolute atomic E-state index is 0.113. The fraction of sp³-hybridized carbons (Fsp3) is 0.478. The van der Waals surface area contributed by atoms with E-state index in [4.69, 9.17) is 18.3 Å². The number of hydrogen-bond acceptors (Lipinski definition) is 5. The molecule has 1 aliphatic rings. The van der Waals surface area contributed by atoms with Crippen LogP contribution in [-0.4, -0.2) is 43.0 Å². The number of ether oxygens (including phenoxy) is 3. The minimum atomic E-state index is -2.80. The molecule has 0 unspecified atom stereocenters. The van der Waals surface area contributed by atoms with Crippen LogP contribution in [0.5, 0.6) is 11.5 Å². The molecule has 1 atom stereocenters. The largest absolute Gasteiger partial charge is 0.493 e. The van der Waals surface area contributed by atoms with Gasteiger partial charge in [0.15, 0.2) is 17.3 Å². The summed E-state index contributed by atoms with van der Waals surface area (Å²) >= 11 is 0. The third-order valence-electron chi connectivity index (χ3n) is 5.44. The van der Waals surface area contributed by atoms with Gasteiger partial charge < -0.3 is 23.9 Å². The van der Waals surface area contributed by atoms with Crippen LogP contribution in [0.4, 0.5) is 4.39 Å². The van der Waals surface area contributed by atoms with Crippen LogP contribution in [0.1, 0.15) is 53.3 Å². The van der Waals surface area contributed by atoms with Crippen molar-refractivity contribution in [1.29, 1.82) is 0 Å². The molecule has 1 aromatic carbocycles. The van der Waals surface area contributed by atoms with Crippen LogP contribution in [0.3, 0.4) is 0 Å². The number of halogens is 1. The molecule has 2 heterocycles. The number of carbonyl (C=O) groups is 1. The lowest BCUT2D eigenvalue weighted by atomic mass is 9.78. The zero-order valence-electron chi connectivity index (χ0n) is 21.0. The van der Waals surface area contributed by atoms with Crippen molar-refractivity contribution in [2.75, 3.05) is 27.4 Å². The summed E-state index contributed by atoms with van der Waals surface area (Å²) in [5, 5.41) is 9.42. The smallest absolute Gasteiger partial charge is 0.341 e. The third kappa shape index (κ3) is 4.30. The number of benzene rings is 1. The molecule has 0 fully saturated rings. The SMILES string of the molecule is [2H]C([2H])([2H])Oc1cc2c(cc1OCCCOC)C[C@@H](C(C)(C)C)n1cc(C(=O)O)c(=O)c(F)c1-2. The van der Waals surface area contributed by atoms with Gasteiger partial charge in [-0.05, 0) is 29.5 Å². The molecule has 2 aromatic rings. The molecule has 0 spiro atoms. The first kappa shape index (κ1) is 18.9. The minimum Gasteiger partial charge on any atom is -0.493 e. The van der Waals surface area contributed by atoms with Crippen molar-refractivity contribution in [2.45, 2.75) is 39.7 Å². The number of carboxylic acids is 1. The molecule has 168 valence electrons. The lowest BCUT2D eigenvalue weighted by Gasteiger charge is -2.39. The molecule has 1 aliphatic heterocycles. The van der Waals surface area contributed by atoms with Gasteiger partial charge in [0.25, 0.3) is 0 Å². The molecule has 7 nitrogen and oxygen atoms in total. The first-order valence-electron chi connectivity index (χ1n) is 11.4. The van der Waals surface area contributed by atoms with E-state index in [1.54, 1.807) is 13.2 Å². The first-order valence-corrected chi connectivity index (χ1v) is 9.90. The second-order valence-corrected chi connectivity index (χ2v) is 8.59. The number of aromatic carboxylic acids is 1. The quantitative estimate of drug-likeness (QED) is 0.662. The van der Waals surface area contributed by atoms with Crippen LogP contribution >= 0.6 is 0 Å². The molecule has 1 N–H and O–H groups in total. The molecule has 0 bridgehead atoms. The number of rotatable bonds is 7. The Labute approximate surface area is 184 Å². The van der Waals surface area contributed by atoms with Crippen molar-refractivity contribution in [1.82, 2.24) is 4.57 Å². The molecule has 31 heavy (non-hydrogen) atoms. The van der Waals surface area contributed by atoms with E-state index in [1.165, 1.54) is 10.6 Å². The van der Waals surface area contributed by atoms with Crippen molar-refractivity contribution >= 4 is 5.97 Å². The number of hydrogen-bond donors (Lipinski definition) is 1. The van der Waals surface area contributed by atoms with Crippen molar-refractivity contribution in [2.24, 2.45) is 5.41 Å². The van der Waals surface area contributed by atoms with E-state index < -0.39 is 35.2 Å². The molecular formula is C23H28FNO6. The summed E-state index contributed by atoms with van der Waals surface area (Å²) in [5.74, 6) is -2.70. The van der Waals surface area contributed by atoms with Gasteiger partial charge in [-0.25, -0.2) is 9.18 Å². The lowest BCUT2D eigenvalue weighted by Crippen LogP contribution is -2.34. The first-order chi connectivity index (χ1) is 15.7.